The smallest absolute Gasteiger partial charge is 0.243 e. The van der Waals surface area contributed by atoms with Crippen LogP contribution in [0.2, 0.25) is 0 Å². The molecule has 0 aliphatic rings. The van der Waals surface area contributed by atoms with Crippen LogP contribution in [0.1, 0.15) is 42.5 Å². The summed E-state index contributed by atoms with van der Waals surface area (Å²) in [6.45, 7) is 5.57. The monoisotopic (exact) mass is 504 g/mol. The summed E-state index contributed by atoms with van der Waals surface area (Å²) in [5, 5.41) is 2.69. The van der Waals surface area contributed by atoms with Gasteiger partial charge in [-0.05, 0) is 48.2 Å². The zero-order chi connectivity index (χ0) is 24.6. The van der Waals surface area contributed by atoms with Crippen LogP contribution in [-0.2, 0) is 27.9 Å². The molecule has 0 atom stereocenters. The van der Waals surface area contributed by atoms with E-state index in [-0.39, 0.29) is 11.4 Å². The van der Waals surface area contributed by atoms with Crippen molar-refractivity contribution in [3.05, 3.63) is 70.2 Å². The van der Waals surface area contributed by atoms with E-state index in [1.807, 2.05) is 23.6 Å². The second-order valence-corrected chi connectivity index (χ2v) is 11.0. The van der Waals surface area contributed by atoms with E-state index in [1.165, 1.54) is 15.6 Å². The van der Waals surface area contributed by atoms with E-state index >= 15 is 0 Å². The number of para-hydroxylation sites is 1. The van der Waals surface area contributed by atoms with E-state index < -0.39 is 10.0 Å². The molecule has 1 aromatic heterocycles. The van der Waals surface area contributed by atoms with Crippen LogP contribution in [0.15, 0.2) is 58.8 Å². The first kappa shape index (κ1) is 26.2. The summed E-state index contributed by atoms with van der Waals surface area (Å²) in [6, 6.07) is 14.4. The van der Waals surface area contributed by atoms with E-state index in [9.17, 15) is 8.42 Å². The van der Waals surface area contributed by atoms with E-state index in [0.29, 0.717) is 43.5 Å². The SMILES string of the molecule is COCCCN(Cc1csc(COc2ccccc2C(C)C)n1)S(=O)(=O)c1ccc(OC)cc1. The molecule has 1 heterocycles. The standard InChI is InChI=1S/C25H32N2O5S2/c1-19(2)23-8-5-6-9-24(23)32-17-25-26-20(18-33-25)16-27(14-7-15-30-3)34(28,29)22-12-10-21(31-4)11-13-22/h5-6,8-13,18-19H,7,14-17H2,1-4H3. The van der Waals surface area contributed by atoms with Gasteiger partial charge in [-0.3, -0.25) is 0 Å². The Hall–Kier alpha value is -2.46. The Balaban J connectivity index is 1.73. The maximum atomic E-state index is 13.3. The molecule has 0 N–H and O–H groups in total. The highest BCUT2D eigenvalue weighted by Crippen LogP contribution is 2.27. The average Bonchev–Trinajstić information content (AvgIpc) is 3.29. The van der Waals surface area contributed by atoms with Gasteiger partial charge in [0.2, 0.25) is 10.0 Å². The van der Waals surface area contributed by atoms with Crippen LogP contribution >= 0.6 is 11.3 Å². The lowest BCUT2D eigenvalue weighted by Gasteiger charge is -2.21. The number of ether oxygens (including phenoxy) is 3. The lowest BCUT2D eigenvalue weighted by Crippen LogP contribution is -2.32. The Bertz CT molecular complexity index is 1140. The van der Waals surface area contributed by atoms with E-state index in [0.717, 1.165) is 16.3 Å². The summed E-state index contributed by atoms with van der Waals surface area (Å²) in [7, 11) is -0.559. The highest BCUT2D eigenvalue weighted by molar-refractivity contribution is 7.89. The van der Waals surface area contributed by atoms with E-state index in [4.69, 9.17) is 14.2 Å². The minimum atomic E-state index is -3.71. The number of hydrogen-bond donors (Lipinski definition) is 0. The van der Waals surface area contributed by atoms with Gasteiger partial charge in [0, 0.05) is 25.6 Å². The number of methoxy groups -OCH3 is 2. The summed E-state index contributed by atoms with van der Waals surface area (Å²) in [4.78, 5) is 4.86. The Labute approximate surface area is 206 Å². The second-order valence-electron chi connectivity index (χ2n) is 8.07. The highest BCUT2D eigenvalue weighted by atomic mass is 32.2. The Morgan fingerprint density at radius 1 is 1.06 bits per heavy atom. The summed E-state index contributed by atoms with van der Waals surface area (Å²) in [5.41, 5.74) is 1.84. The van der Waals surface area contributed by atoms with Crippen molar-refractivity contribution in [2.45, 2.75) is 44.2 Å². The van der Waals surface area contributed by atoms with Crippen LogP contribution < -0.4 is 9.47 Å². The molecule has 3 aromatic rings. The molecule has 0 bridgehead atoms. The molecule has 7 nitrogen and oxygen atoms in total. The number of thiazole rings is 1. The third kappa shape index (κ3) is 6.79. The molecular weight excluding hydrogens is 472 g/mol. The lowest BCUT2D eigenvalue weighted by atomic mass is 10.0. The van der Waals surface area contributed by atoms with Crippen molar-refractivity contribution in [2.75, 3.05) is 27.4 Å². The number of rotatable bonds is 13. The van der Waals surface area contributed by atoms with Gasteiger partial charge in [-0.1, -0.05) is 32.0 Å². The molecule has 34 heavy (non-hydrogen) atoms. The summed E-state index contributed by atoms with van der Waals surface area (Å²) in [6.07, 6.45) is 0.581. The summed E-state index contributed by atoms with van der Waals surface area (Å²) in [5.74, 6) is 1.80. The lowest BCUT2D eigenvalue weighted by molar-refractivity contribution is 0.186. The van der Waals surface area contributed by atoms with Crippen LogP contribution in [0.5, 0.6) is 11.5 Å². The molecule has 9 heteroatoms. The van der Waals surface area contributed by atoms with Crippen molar-refractivity contribution in [1.29, 1.82) is 0 Å². The van der Waals surface area contributed by atoms with Crippen LogP contribution in [0, 0.1) is 0 Å². The predicted molar refractivity (Wildman–Crippen MR) is 134 cm³/mol. The highest BCUT2D eigenvalue weighted by Gasteiger charge is 2.25. The third-order valence-corrected chi connectivity index (χ3v) is 8.01. The summed E-state index contributed by atoms with van der Waals surface area (Å²) < 4.78 is 44.4. The van der Waals surface area contributed by atoms with Gasteiger partial charge >= 0.3 is 0 Å². The first-order valence-electron chi connectivity index (χ1n) is 11.1. The van der Waals surface area contributed by atoms with Crippen LogP contribution in [0.3, 0.4) is 0 Å². The Morgan fingerprint density at radius 2 is 1.79 bits per heavy atom. The minimum absolute atomic E-state index is 0.178. The van der Waals surface area contributed by atoms with Crippen molar-refractivity contribution < 1.29 is 22.6 Å². The van der Waals surface area contributed by atoms with Crippen molar-refractivity contribution in [3.8, 4) is 11.5 Å². The minimum Gasteiger partial charge on any atom is -0.497 e. The molecule has 0 fully saturated rings. The first-order chi connectivity index (χ1) is 16.3. The van der Waals surface area contributed by atoms with Gasteiger partial charge in [-0.15, -0.1) is 11.3 Å². The molecule has 0 saturated carbocycles. The molecule has 0 amide bonds. The normalized spacial score (nSPS) is 11.8. The van der Waals surface area contributed by atoms with Gasteiger partial charge in [0.15, 0.2) is 0 Å². The Kier molecular flexibility index (Phi) is 9.46. The number of nitrogens with zero attached hydrogens (tertiary/aromatic N) is 2. The van der Waals surface area contributed by atoms with Gasteiger partial charge in [-0.25, -0.2) is 13.4 Å². The predicted octanol–water partition coefficient (Wildman–Crippen LogP) is 5.08. The molecule has 2 aromatic carbocycles. The van der Waals surface area contributed by atoms with Gasteiger partial charge in [-0.2, -0.15) is 4.31 Å². The fourth-order valence-electron chi connectivity index (χ4n) is 3.46. The van der Waals surface area contributed by atoms with Crippen molar-refractivity contribution in [3.63, 3.8) is 0 Å². The molecule has 0 saturated heterocycles. The number of sulfonamides is 1. The van der Waals surface area contributed by atoms with Gasteiger partial charge in [0.25, 0.3) is 0 Å². The molecule has 0 aliphatic heterocycles. The molecule has 0 unspecified atom stereocenters. The molecule has 3 rings (SSSR count). The molecule has 184 valence electrons. The average molecular weight is 505 g/mol. The molecular formula is C25H32N2O5S2. The fourth-order valence-corrected chi connectivity index (χ4v) is 5.61. The maximum Gasteiger partial charge on any atom is 0.243 e. The topological polar surface area (TPSA) is 78.0 Å². The molecule has 0 aliphatic carbocycles. The quantitative estimate of drug-likeness (QED) is 0.302. The van der Waals surface area contributed by atoms with Crippen molar-refractivity contribution in [2.24, 2.45) is 0 Å². The number of aromatic nitrogens is 1. The van der Waals surface area contributed by atoms with E-state index in [2.05, 4.69) is 24.9 Å². The second kappa shape index (κ2) is 12.3. The third-order valence-electron chi connectivity index (χ3n) is 5.28. The van der Waals surface area contributed by atoms with Crippen LogP contribution in [0.25, 0.3) is 0 Å². The van der Waals surface area contributed by atoms with Crippen molar-refractivity contribution >= 4 is 21.4 Å². The van der Waals surface area contributed by atoms with E-state index in [1.54, 1.807) is 38.5 Å². The fraction of sp³-hybridized carbons (Fsp3) is 0.400. The number of hydrogen-bond acceptors (Lipinski definition) is 7. The van der Waals surface area contributed by atoms with Gasteiger partial charge in [0.1, 0.15) is 23.1 Å². The summed E-state index contributed by atoms with van der Waals surface area (Å²) >= 11 is 1.47. The molecule has 0 spiro atoms. The molecule has 0 radical (unpaired) electrons. The largest absolute Gasteiger partial charge is 0.497 e. The zero-order valence-corrected chi connectivity index (χ0v) is 21.7. The zero-order valence-electron chi connectivity index (χ0n) is 20.1. The van der Waals surface area contributed by atoms with Crippen LogP contribution in [-0.4, -0.2) is 45.1 Å². The van der Waals surface area contributed by atoms with Crippen LogP contribution in [0.4, 0.5) is 0 Å². The Morgan fingerprint density at radius 3 is 2.47 bits per heavy atom. The van der Waals surface area contributed by atoms with Crippen molar-refractivity contribution in [1.82, 2.24) is 9.29 Å². The maximum absolute atomic E-state index is 13.3. The van der Waals surface area contributed by atoms with Gasteiger partial charge in [0.05, 0.1) is 24.2 Å². The van der Waals surface area contributed by atoms with Gasteiger partial charge < -0.3 is 14.2 Å². The number of benzene rings is 2. The first-order valence-corrected chi connectivity index (χ1v) is 13.4.